The summed E-state index contributed by atoms with van der Waals surface area (Å²) in [5, 5.41) is 0. The zero-order valence-electron chi connectivity index (χ0n) is 29.9. The fraction of sp³-hybridized carbons (Fsp3) is 0.262. The van der Waals surface area contributed by atoms with Gasteiger partial charge in [0.1, 0.15) is 12.7 Å². The van der Waals surface area contributed by atoms with Crippen molar-refractivity contribution >= 4 is 17.9 Å². The Hall–Kier alpha value is -6.15. The summed E-state index contributed by atoms with van der Waals surface area (Å²) < 4.78 is 25.1. The molecule has 2 aliphatic heterocycles. The molecule has 282 valence electrons. The van der Waals surface area contributed by atoms with E-state index in [0.717, 1.165) is 24.2 Å². The van der Waals surface area contributed by atoms with Gasteiger partial charge < -0.3 is 18.9 Å². The van der Waals surface area contributed by atoms with Gasteiger partial charge in [-0.1, -0.05) is 84.9 Å². The van der Waals surface area contributed by atoms with Crippen molar-refractivity contribution in [3.63, 3.8) is 0 Å². The van der Waals surface area contributed by atoms with Crippen molar-refractivity contribution in [3.8, 4) is 0 Å². The van der Waals surface area contributed by atoms with Crippen LogP contribution in [0.5, 0.6) is 0 Å². The molecule has 0 saturated carbocycles. The Morgan fingerprint density at radius 3 is 1.64 bits per heavy atom. The van der Waals surface area contributed by atoms with Crippen LogP contribution in [0.3, 0.4) is 0 Å². The molecule has 7 rings (SSSR count). The van der Waals surface area contributed by atoms with Gasteiger partial charge in [0.2, 0.25) is 0 Å². The van der Waals surface area contributed by atoms with E-state index in [1.807, 2.05) is 18.2 Å². The summed E-state index contributed by atoms with van der Waals surface area (Å²) in [6.07, 6.45) is -3.97. The van der Waals surface area contributed by atoms with Crippen LogP contribution in [0.15, 0.2) is 137 Å². The number of rotatable bonds is 12. The molecule has 0 radical (unpaired) electrons. The molecule has 5 aromatic rings. The number of H-pyrrole nitrogens is 1. The van der Waals surface area contributed by atoms with Crippen molar-refractivity contribution in [2.24, 2.45) is 0 Å². The minimum absolute atomic E-state index is 0.203. The molecule has 0 bridgehead atoms. The fourth-order valence-electron chi connectivity index (χ4n) is 6.70. The van der Waals surface area contributed by atoms with Gasteiger partial charge in [0.05, 0.1) is 16.7 Å². The van der Waals surface area contributed by atoms with Gasteiger partial charge in [-0.25, -0.2) is 19.2 Å². The fourth-order valence-corrected chi connectivity index (χ4v) is 6.70. The summed E-state index contributed by atoms with van der Waals surface area (Å²) in [7, 11) is 0. The largest absolute Gasteiger partial charge is 0.459 e. The first-order valence-electron chi connectivity index (χ1n) is 18.0. The highest BCUT2D eigenvalue weighted by Gasteiger charge is 2.52. The molecule has 4 aromatic carbocycles. The van der Waals surface area contributed by atoms with Gasteiger partial charge in [-0.15, -0.1) is 0 Å². The standard InChI is InChI=1S/C42H40N4O9/c47-37-33(26-45-23-21-44(22-24-45)25-29-13-5-1-6-14-29)27-46(42(51)43-37)38-36(55-41(50)32-19-11-4-12-20-32)35(54-40(49)31-17-9-3-10-18-31)34(53-38)28-52-39(48)30-15-7-2-8-16-30/h1-20,27,34-36,38H,21-26,28H2,(H,43,47,51)/t34-,35-,36+,38+/m1/s1. The highest BCUT2D eigenvalue weighted by atomic mass is 16.7. The van der Waals surface area contributed by atoms with E-state index in [1.165, 1.54) is 11.8 Å². The lowest BCUT2D eigenvalue weighted by atomic mass is 10.1. The van der Waals surface area contributed by atoms with Crippen LogP contribution in [0.25, 0.3) is 0 Å². The second-order valence-corrected chi connectivity index (χ2v) is 13.4. The maximum atomic E-state index is 13.6. The number of piperazine rings is 1. The third-order valence-corrected chi connectivity index (χ3v) is 9.60. The van der Waals surface area contributed by atoms with Crippen LogP contribution >= 0.6 is 0 Å². The molecule has 0 amide bonds. The molecule has 0 spiro atoms. The average molecular weight is 745 g/mol. The number of benzene rings is 4. The van der Waals surface area contributed by atoms with E-state index in [9.17, 15) is 24.0 Å². The van der Waals surface area contributed by atoms with Gasteiger partial charge in [0.25, 0.3) is 5.56 Å². The van der Waals surface area contributed by atoms with E-state index in [0.29, 0.717) is 13.1 Å². The Kier molecular flexibility index (Phi) is 11.7. The zero-order valence-corrected chi connectivity index (χ0v) is 29.9. The minimum atomic E-state index is -1.42. The smallest absolute Gasteiger partial charge is 0.338 e. The number of aromatic nitrogens is 2. The van der Waals surface area contributed by atoms with Gasteiger partial charge in [-0.05, 0) is 42.0 Å². The summed E-state index contributed by atoms with van der Waals surface area (Å²) in [6, 6.07) is 34.9. The maximum absolute atomic E-state index is 13.6. The summed E-state index contributed by atoms with van der Waals surface area (Å²) in [5.74, 6) is -2.19. The van der Waals surface area contributed by atoms with Crippen molar-refractivity contribution in [1.29, 1.82) is 0 Å². The van der Waals surface area contributed by atoms with E-state index < -0.39 is 60.3 Å². The van der Waals surface area contributed by atoms with Crippen molar-refractivity contribution in [1.82, 2.24) is 19.4 Å². The van der Waals surface area contributed by atoms with Crippen LogP contribution in [0.2, 0.25) is 0 Å². The molecular formula is C42H40N4O9. The SMILES string of the molecule is O=C(OC[C@H]1O[C@H](n2cc(CN3CCN(Cc4ccccc4)CC3)c(=O)[nH]c2=O)[C@@H](OC(=O)c2ccccc2)[C@@H]1OC(=O)c1ccccc1)c1ccccc1. The Labute approximate surface area is 316 Å². The summed E-state index contributed by atoms with van der Waals surface area (Å²) in [6.45, 7) is 3.58. The highest BCUT2D eigenvalue weighted by Crippen LogP contribution is 2.35. The number of aromatic amines is 1. The maximum Gasteiger partial charge on any atom is 0.338 e. The van der Waals surface area contributed by atoms with Crippen molar-refractivity contribution in [2.45, 2.75) is 37.6 Å². The van der Waals surface area contributed by atoms with Crippen LogP contribution < -0.4 is 11.2 Å². The van der Waals surface area contributed by atoms with Crippen molar-refractivity contribution in [2.75, 3.05) is 32.8 Å². The summed E-state index contributed by atoms with van der Waals surface area (Å²) in [5.41, 5.74) is 0.806. The monoisotopic (exact) mass is 744 g/mol. The van der Waals surface area contributed by atoms with E-state index in [4.69, 9.17) is 18.9 Å². The molecule has 0 unspecified atom stereocenters. The van der Waals surface area contributed by atoms with Gasteiger partial charge in [0.15, 0.2) is 18.4 Å². The van der Waals surface area contributed by atoms with Crippen LogP contribution in [0.4, 0.5) is 0 Å². The van der Waals surface area contributed by atoms with Crippen molar-refractivity contribution < 1.29 is 33.3 Å². The highest BCUT2D eigenvalue weighted by molar-refractivity contribution is 5.91. The molecule has 2 saturated heterocycles. The Balaban J connectivity index is 1.17. The van der Waals surface area contributed by atoms with E-state index in [-0.39, 0.29) is 28.8 Å². The number of ether oxygens (including phenoxy) is 4. The second-order valence-electron chi connectivity index (χ2n) is 13.4. The van der Waals surface area contributed by atoms with Crippen LogP contribution in [0, 0.1) is 0 Å². The third kappa shape index (κ3) is 9.15. The number of carbonyl (C=O) groups excluding carboxylic acids is 3. The van der Waals surface area contributed by atoms with Crippen LogP contribution in [-0.4, -0.2) is 88.4 Å². The molecule has 1 aromatic heterocycles. The molecule has 0 aliphatic carbocycles. The average Bonchev–Trinajstić information content (AvgIpc) is 3.55. The number of hydrogen-bond donors (Lipinski definition) is 1. The molecule has 4 atom stereocenters. The second kappa shape index (κ2) is 17.3. The van der Waals surface area contributed by atoms with Gasteiger partial charge in [0, 0.05) is 51.0 Å². The predicted molar refractivity (Wildman–Crippen MR) is 200 cm³/mol. The molecule has 2 fully saturated rings. The number of esters is 3. The van der Waals surface area contributed by atoms with Crippen molar-refractivity contribution in [3.05, 3.63) is 176 Å². The molecular weight excluding hydrogens is 704 g/mol. The number of carbonyl (C=O) groups is 3. The Morgan fingerprint density at radius 2 is 1.09 bits per heavy atom. The predicted octanol–water partition coefficient (Wildman–Crippen LogP) is 4.06. The Morgan fingerprint density at radius 1 is 0.618 bits per heavy atom. The van der Waals surface area contributed by atoms with E-state index in [1.54, 1.807) is 91.0 Å². The van der Waals surface area contributed by atoms with Gasteiger partial charge in [-0.3, -0.25) is 24.1 Å². The molecule has 55 heavy (non-hydrogen) atoms. The topological polar surface area (TPSA) is 149 Å². The van der Waals surface area contributed by atoms with E-state index >= 15 is 0 Å². The number of nitrogens with one attached hydrogen (secondary N) is 1. The molecule has 3 heterocycles. The minimum Gasteiger partial charge on any atom is -0.459 e. The zero-order chi connectivity index (χ0) is 38.1. The summed E-state index contributed by atoms with van der Waals surface area (Å²) in [4.78, 5) is 73.8. The van der Waals surface area contributed by atoms with Crippen LogP contribution in [0.1, 0.15) is 48.4 Å². The van der Waals surface area contributed by atoms with Gasteiger partial charge in [-0.2, -0.15) is 0 Å². The lowest BCUT2D eigenvalue weighted by Crippen LogP contribution is -2.47. The van der Waals surface area contributed by atoms with Gasteiger partial charge >= 0.3 is 23.6 Å². The lowest BCUT2D eigenvalue weighted by Gasteiger charge is -2.34. The van der Waals surface area contributed by atoms with E-state index in [2.05, 4.69) is 26.9 Å². The number of nitrogens with zero attached hydrogens (tertiary/aromatic N) is 3. The van der Waals surface area contributed by atoms with Crippen LogP contribution in [-0.2, 0) is 32.0 Å². The summed E-state index contributed by atoms with van der Waals surface area (Å²) >= 11 is 0. The first-order valence-corrected chi connectivity index (χ1v) is 18.0. The normalized spacial score (nSPS) is 20.1. The first kappa shape index (κ1) is 37.2. The lowest BCUT2D eigenvalue weighted by molar-refractivity contribution is -0.0641. The number of hydrogen-bond acceptors (Lipinski definition) is 11. The molecule has 13 heteroatoms. The molecule has 13 nitrogen and oxygen atoms in total. The molecule has 2 aliphatic rings. The first-order chi connectivity index (χ1) is 26.8. The quantitative estimate of drug-likeness (QED) is 0.146. The Bertz CT molecular complexity index is 2190. The molecule has 1 N–H and O–H groups in total. The third-order valence-electron chi connectivity index (χ3n) is 9.60.